The van der Waals surface area contributed by atoms with Crippen LogP contribution in [0.25, 0.3) is 0 Å². The summed E-state index contributed by atoms with van der Waals surface area (Å²) in [5.74, 6) is -0.0636. The van der Waals surface area contributed by atoms with Crippen LogP contribution in [-0.4, -0.2) is 48.2 Å². The average molecular weight is 284 g/mol. The molecule has 4 nitrogen and oxygen atoms in total. The van der Waals surface area contributed by atoms with E-state index in [1.807, 2.05) is 6.92 Å². The zero-order chi connectivity index (χ0) is 15.2. The monoisotopic (exact) mass is 284 g/mol. The van der Waals surface area contributed by atoms with Gasteiger partial charge in [0.2, 0.25) is 0 Å². The maximum absolute atomic E-state index is 12.4. The van der Waals surface area contributed by atoms with E-state index in [2.05, 4.69) is 37.9 Å². The molecule has 0 heterocycles. The minimum atomic E-state index is -0.476. The van der Waals surface area contributed by atoms with Crippen molar-refractivity contribution < 1.29 is 9.53 Å². The fourth-order valence-corrected chi connectivity index (χ4v) is 3.60. The maximum atomic E-state index is 12.4. The highest BCUT2D eigenvalue weighted by Crippen LogP contribution is 2.33. The largest absolute Gasteiger partial charge is 0.465 e. The summed E-state index contributed by atoms with van der Waals surface area (Å²) in [5.41, 5.74) is -0.476. The zero-order valence-corrected chi connectivity index (χ0v) is 13.9. The van der Waals surface area contributed by atoms with E-state index in [-0.39, 0.29) is 5.97 Å². The number of hydrogen-bond acceptors (Lipinski definition) is 4. The highest BCUT2D eigenvalue weighted by Gasteiger charge is 2.44. The van der Waals surface area contributed by atoms with Gasteiger partial charge in [0.05, 0.1) is 6.61 Å². The summed E-state index contributed by atoms with van der Waals surface area (Å²) >= 11 is 0. The minimum Gasteiger partial charge on any atom is -0.465 e. The normalized spacial score (nSPS) is 27.1. The van der Waals surface area contributed by atoms with E-state index >= 15 is 0 Å². The van der Waals surface area contributed by atoms with Crippen molar-refractivity contribution in [3.05, 3.63) is 0 Å². The smallest absolute Gasteiger partial charge is 0.326 e. The van der Waals surface area contributed by atoms with E-state index in [9.17, 15) is 4.79 Å². The lowest BCUT2D eigenvalue weighted by atomic mass is 9.78. The first-order valence-corrected chi connectivity index (χ1v) is 8.18. The van der Waals surface area contributed by atoms with Crippen molar-refractivity contribution >= 4 is 5.97 Å². The molecule has 2 atom stereocenters. The molecule has 0 spiro atoms. The lowest BCUT2D eigenvalue weighted by Gasteiger charge is -2.44. The second kappa shape index (κ2) is 7.99. The number of hydrogen-bond donors (Lipinski definition) is 1. The molecule has 118 valence electrons. The predicted octanol–water partition coefficient (Wildman–Crippen LogP) is 2.57. The van der Waals surface area contributed by atoms with E-state index in [0.29, 0.717) is 18.7 Å². The quantitative estimate of drug-likeness (QED) is 0.730. The Kier molecular flexibility index (Phi) is 6.96. The van der Waals surface area contributed by atoms with Crippen molar-refractivity contribution in [3.8, 4) is 0 Å². The fourth-order valence-electron chi connectivity index (χ4n) is 3.60. The molecule has 1 aliphatic rings. The van der Waals surface area contributed by atoms with Gasteiger partial charge in [-0.2, -0.15) is 0 Å². The summed E-state index contributed by atoms with van der Waals surface area (Å²) in [6.45, 7) is 12.9. The van der Waals surface area contributed by atoms with Crippen LogP contribution < -0.4 is 5.32 Å². The van der Waals surface area contributed by atoms with Crippen LogP contribution in [0.1, 0.15) is 60.3 Å². The Morgan fingerprint density at radius 2 is 2.10 bits per heavy atom. The first kappa shape index (κ1) is 17.4. The number of esters is 1. The summed E-state index contributed by atoms with van der Waals surface area (Å²) < 4.78 is 5.34. The van der Waals surface area contributed by atoms with Gasteiger partial charge >= 0.3 is 5.97 Å². The predicted molar refractivity (Wildman–Crippen MR) is 82.8 cm³/mol. The van der Waals surface area contributed by atoms with E-state index in [0.717, 1.165) is 32.4 Å². The van der Waals surface area contributed by atoms with Crippen molar-refractivity contribution in [3.63, 3.8) is 0 Å². The summed E-state index contributed by atoms with van der Waals surface area (Å²) in [7, 11) is 0. The SMILES string of the molecule is CCNC1(C(=O)OCC)CCCC(N(CC)C(C)C)C1. The molecule has 20 heavy (non-hydrogen) atoms. The standard InChI is InChI=1S/C16H32N2O2/c1-6-17-16(15(19)20-8-3)11-9-10-14(12-16)18(7-2)13(4)5/h13-14,17H,6-12H2,1-5H3. The number of carbonyl (C=O) groups is 1. The first-order chi connectivity index (χ1) is 9.50. The van der Waals surface area contributed by atoms with Gasteiger partial charge in [0.1, 0.15) is 5.54 Å². The van der Waals surface area contributed by atoms with Crippen molar-refractivity contribution in [1.29, 1.82) is 0 Å². The third kappa shape index (κ3) is 3.95. The van der Waals surface area contributed by atoms with Crippen LogP contribution in [0.4, 0.5) is 0 Å². The zero-order valence-electron chi connectivity index (χ0n) is 13.9. The van der Waals surface area contributed by atoms with E-state index in [1.165, 1.54) is 6.42 Å². The number of likely N-dealkylation sites (N-methyl/N-ethyl adjacent to an activating group) is 1. The first-order valence-electron chi connectivity index (χ1n) is 8.18. The van der Waals surface area contributed by atoms with Crippen molar-refractivity contribution in [2.45, 2.75) is 77.9 Å². The summed E-state index contributed by atoms with van der Waals surface area (Å²) in [4.78, 5) is 14.9. The summed E-state index contributed by atoms with van der Waals surface area (Å²) in [6.07, 6.45) is 4.02. The topological polar surface area (TPSA) is 41.6 Å². The van der Waals surface area contributed by atoms with Crippen molar-refractivity contribution in [2.75, 3.05) is 19.7 Å². The lowest BCUT2D eigenvalue weighted by molar-refractivity contribution is -0.154. The maximum Gasteiger partial charge on any atom is 0.326 e. The van der Waals surface area contributed by atoms with Crippen LogP contribution >= 0.6 is 0 Å². The van der Waals surface area contributed by atoms with Crippen LogP contribution in [0.2, 0.25) is 0 Å². The molecule has 0 aromatic rings. The Balaban J connectivity index is 2.87. The Hall–Kier alpha value is -0.610. The molecule has 0 radical (unpaired) electrons. The molecule has 0 amide bonds. The van der Waals surface area contributed by atoms with Gasteiger partial charge in [0.25, 0.3) is 0 Å². The van der Waals surface area contributed by atoms with Gasteiger partial charge in [-0.3, -0.25) is 9.69 Å². The highest BCUT2D eigenvalue weighted by molar-refractivity contribution is 5.81. The van der Waals surface area contributed by atoms with Gasteiger partial charge in [-0.25, -0.2) is 0 Å². The Morgan fingerprint density at radius 1 is 1.40 bits per heavy atom. The van der Waals surface area contributed by atoms with E-state index in [1.54, 1.807) is 0 Å². The highest BCUT2D eigenvalue weighted by atomic mass is 16.5. The number of rotatable bonds is 7. The van der Waals surface area contributed by atoms with Gasteiger partial charge in [0, 0.05) is 12.1 Å². The number of nitrogens with one attached hydrogen (secondary N) is 1. The molecule has 1 rings (SSSR count). The molecule has 1 N–H and O–H groups in total. The Labute approximate surface area is 124 Å². The van der Waals surface area contributed by atoms with Gasteiger partial charge in [-0.1, -0.05) is 13.8 Å². The van der Waals surface area contributed by atoms with Crippen molar-refractivity contribution in [2.24, 2.45) is 0 Å². The Bertz CT molecular complexity index is 303. The number of carbonyl (C=O) groups excluding carboxylic acids is 1. The molecule has 2 unspecified atom stereocenters. The van der Waals surface area contributed by atoms with Crippen LogP contribution in [0.3, 0.4) is 0 Å². The minimum absolute atomic E-state index is 0.0636. The molecule has 4 heteroatoms. The molecule has 0 bridgehead atoms. The molecule has 1 saturated carbocycles. The summed E-state index contributed by atoms with van der Waals surface area (Å²) in [6, 6.07) is 0.988. The Morgan fingerprint density at radius 3 is 2.60 bits per heavy atom. The van der Waals surface area contributed by atoms with Crippen LogP contribution in [0.5, 0.6) is 0 Å². The van der Waals surface area contributed by atoms with E-state index in [4.69, 9.17) is 4.74 Å². The van der Waals surface area contributed by atoms with Crippen molar-refractivity contribution in [1.82, 2.24) is 10.2 Å². The molecule has 1 fully saturated rings. The number of nitrogens with zero attached hydrogens (tertiary/aromatic N) is 1. The third-order valence-electron chi connectivity index (χ3n) is 4.40. The van der Waals surface area contributed by atoms with Crippen LogP contribution in [0, 0.1) is 0 Å². The fraction of sp³-hybridized carbons (Fsp3) is 0.938. The average Bonchev–Trinajstić information content (AvgIpc) is 2.40. The summed E-state index contributed by atoms with van der Waals surface area (Å²) in [5, 5.41) is 3.43. The molecule has 1 aliphatic carbocycles. The van der Waals surface area contributed by atoms with Gasteiger partial charge < -0.3 is 10.1 Å². The molecule has 0 aromatic carbocycles. The second-order valence-corrected chi connectivity index (χ2v) is 6.01. The molecular formula is C16H32N2O2. The molecule has 0 aromatic heterocycles. The second-order valence-electron chi connectivity index (χ2n) is 6.01. The lowest BCUT2D eigenvalue weighted by Crippen LogP contribution is -2.59. The van der Waals surface area contributed by atoms with Gasteiger partial charge in [0.15, 0.2) is 0 Å². The molecular weight excluding hydrogens is 252 g/mol. The van der Waals surface area contributed by atoms with Crippen LogP contribution in [-0.2, 0) is 9.53 Å². The van der Waals surface area contributed by atoms with Crippen LogP contribution in [0.15, 0.2) is 0 Å². The molecule has 0 saturated heterocycles. The van der Waals surface area contributed by atoms with E-state index < -0.39 is 5.54 Å². The number of ether oxygens (including phenoxy) is 1. The van der Waals surface area contributed by atoms with Gasteiger partial charge in [-0.15, -0.1) is 0 Å². The molecule has 0 aliphatic heterocycles. The third-order valence-corrected chi connectivity index (χ3v) is 4.40. The van der Waals surface area contributed by atoms with Gasteiger partial charge in [-0.05, 0) is 59.5 Å².